The van der Waals surface area contributed by atoms with Gasteiger partial charge in [0.15, 0.2) is 5.78 Å². The van der Waals surface area contributed by atoms with Gasteiger partial charge in [-0.05, 0) is 60.7 Å². The highest BCUT2D eigenvalue weighted by Crippen LogP contribution is 2.48. The Labute approximate surface area is 137 Å². The summed E-state index contributed by atoms with van der Waals surface area (Å²) in [5.41, 5.74) is 0.0159. The monoisotopic (exact) mass is 394 g/mol. The van der Waals surface area contributed by atoms with Crippen LogP contribution in [0, 0.1) is 8.99 Å². The second-order valence-electron chi connectivity index (χ2n) is 5.70. The second-order valence-corrected chi connectivity index (χ2v) is 6.95. The lowest BCUT2D eigenvalue weighted by molar-refractivity contribution is -0.210. The Morgan fingerprint density at radius 2 is 1.67 bits per heavy atom. The van der Waals surface area contributed by atoms with Gasteiger partial charge >= 0.3 is 0 Å². The molecule has 1 unspecified atom stereocenters. The molecule has 0 radical (unpaired) electrons. The number of hydrogen-bond donors (Lipinski definition) is 1. The Hall–Kier alpha value is -1.40. The zero-order valence-corrected chi connectivity index (χ0v) is 13.9. The Morgan fingerprint density at radius 3 is 2.33 bits per heavy atom. The molecule has 4 heteroatoms. The molecule has 1 aliphatic heterocycles. The van der Waals surface area contributed by atoms with Crippen LogP contribution in [0.5, 0.6) is 5.75 Å². The molecule has 1 atom stereocenters. The summed E-state index contributed by atoms with van der Waals surface area (Å²) in [5, 5.41) is 11.1. The summed E-state index contributed by atoms with van der Waals surface area (Å²) in [6.45, 7) is 3.42. The van der Waals surface area contributed by atoms with Crippen molar-refractivity contribution < 1.29 is 14.6 Å². The lowest BCUT2D eigenvalue weighted by Gasteiger charge is -2.45. The van der Waals surface area contributed by atoms with Crippen molar-refractivity contribution in [2.75, 3.05) is 0 Å². The zero-order valence-electron chi connectivity index (χ0n) is 11.8. The molecule has 0 bridgehead atoms. The second kappa shape index (κ2) is 4.81. The van der Waals surface area contributed by atoms with Crippen LogP contribution < -0.4 is 4.74 Å². The smallest absolute Gasteiger partial charge is 0.247 e. The minimum Gasteiger partial charge on any atom is -0.456 e. The van der Waals surface area contributed by atoms with Gasteiger partial charge in [0.2, 0.25) is 5.79 Å². The molecule has 3 nitrogen and oxygen atoms in total. The number of fused-ring (bicyclic) bond motifs is 1. The average molecular weight is 394 g/mol. The number of carbonyl (C=O) groups is 1. The van der Waals surface area contributed by atoms with E-state index < -0.39 is 11.2 Å². The number of rotatable bonds is 1. The fraction of sp³-hybridized carbons (Fsp3) is 0.235. The van der Waals surface area contributed by atoms with Crippen LogP contribution in [0.2, 0.25) is 0 Å². The van der Waals surface area contributed by atoms with Crippen molar-refractivity contribution in [3.8, 4) is 5.75 Å². The number of benzene rings is 2. The van der Waals surface area contributed by atoms with Gasteiger partial charge in [-0.1, -0.05) is 24.3 Å². The molecule has 3 rings (SSSR count). The molecule has 21 heavy (non-hydrogen) atoms. The quantitative estimate of drug-likeness (QED) is 0.750. The Morgan fingerprint density at radius 1 is 1.05 bits per heavy atom. The zero-order chi connectivity index (χ0) is 15.3. The summed E-state index contributed by atoms with van der Waals surface area (Å²) in [5.74, 6) is -1.38. The van der Waals surface area contributed by atoms with Crippen LogP contribution >= 0.6 is 22.6 Å². The van der Waals surface area contributed by atoms with Crippen molar-refractivity contribution in [2.45, 2.75) is 19.6 Å². The van der Waals surface area contributed by atoms with E-state index in [2.05, 4.69) is 22.6 Å². The number of ether oxygens (including phenoxy) is 1. The van der Waals surface area contributed by atoms with Crippen molar-refractivity contribution in [3.63, 3.8) is 0 Å². The summed E-state index contributed by atoms with van der Waals surface area (Å²) >= 11 is 2.20. The van der Waals surface area contributed by atoms with Crippen LogP contribution in [0.3, 0.4) is 0 Å². The van der Waals surface area contributed by atoms with E-state index in [1.54, 1.807) is 50.2 Å². The van der Waals surface area contributed by atoms with Gasteiger partial charge in [0, 0.05) is 9.13 Å². The van der Waals surface area contributed by atoms with Gasteiger partial charge in [0.25, 0.3) is 0 Å². The summed E-state index contributed by atoms with van der Waals surface area (Å²) < 4.78 is 6.92. The van der Waals surface area contributed by atoms with E-state index in [9.17, 15) is 9.90 Å². The molecule has 0 fully saturated rings. The maximum Gasteiger partial charge on any atom is 0.247 e. The summed E-state index contributed by atoms with van der Waals surface area (Å²) in [6.07, 6.45) is 0. The molecule has 108 valence electrons. The molecule has 0 amide bonds. The maximum absolute atomic E-state index is 12.8. The highest BCUT2D eigenvalue weighted by Gasteiger charge is 2.56. The standard InChI is InChI=1S/C17H15IO3/c1-16(2)15(19)13-5-3-4-6-14(13)21-17(16,20)11-7-9-12(18)10-8-11/h3-10,20H,1-2H3. The number of ketones is 1. The van der Waals surface area contributed by atoms with Crippen LogP contribution in [0.25, 0.3) is 0 Å². The van der Waals surface area contributed by atoms with Crippen molar-refractivity contribution in [1.82, 2.24) is 0 Å². The van der Waals surface area contributed by atoms with Crippen molar-refractivity contribution in [1.29, 1.82) is 0 Å². The van der Waals surface area contributed by atoms with Crippen LogP contribution in [0.1, 0.15) is 29.8 Å². The number of halogens is 1. The predicted molar refractivity (Wildman–Crippen MR) is 88.2 cm³/mol. The SMILES string of the molecule is CC1(C)C(=O)c2ccccc2OC1(O)c1ccc(I)cc1. The van der Waals surface area contributed by atoms with Gasteiger partial charge in [0.1, 0.15) is 5.75 Å². The molecule has 1 N–H and O–H groups in total. The minimum atomic E-state index is -1.68. The highest BCUT2D eigenvalue weighted by molar-refractivity contribution is 14.1. The van der Waals surface area contributed by atoms with E-state index in [0.717, 1.165) is 3.57 Å². The van der Waals surface area contributed by atoms with E-state index >= 15 is 0 Å². The van der Waals surface area contributed by atoms with Gasteiger partial charge in [-0.2, -0.15) is 0 Å². The number of para-hydroxylation sites is 1. The third kappa shape index (κ3) is 2.08. The van der Waals surface area contributed by atoms with Crippen LogP contribution in [-0.4, -0.2) is 10.9 Å². The summed E-state index contributed by atoms with van der Waals surface area (Å²) in [4.78, 5) is 12.8. The Bertz CT molecular complexity index is 706. The maximum atomic E-state index is 12.8. The number of carbonyl (C=O) groups excluding carboxylic acids is 1. The topological polar surface area (TPSA) is 46.5 Å². The Kier molecular flexibility index (Phi) is 3.33. The van der Waals surface area contributed by atoms with E-state index in [1.807, 2.05) is 12.1 Å². The first-order valence-electron chi connectivity index (χ1n) is 6.67. The first kappa shape index (κ1) is 14.5. The van der Waals surface area contributed by atoms with Crippen LogP contribution in [-0.2, 0) is 5.79 Å². The molecule has 1 aliphatic rings. The molecule has 1 heterocycles. The predicted octanol–water partition coefficient (Wildman–Crippen LogP) is 3.74. The average Bonchev–Trinajstić information content (AvgIpc) is 2.46. The third-order valence-corrected chi connectivity index (χ3v) is 4.76. The molecule has 2 aromatic rings. The first-order valence-corrected chi connectivity index (χ1v) is 7.75. The minimum absolute atomic E-state index is 0.120. The molecule has 0 aromatic heterocycles. The third-order valence-electron chi connectivity index (χ3n) is 4.04. The highest BCUT2D eigenvalue weighted by atomic mass is 127. The van der Waals surface area contributed by atoms with E-state index in [4.69, 9.17) is 4.74 Å². The van der Waals surface area contributed by atoms with Crippen LogP contribution in [0.15, 0.2) is 48.5 Å². The fourth-order valence-corrected chi connectivity index (χ4v) is 2.98. The lowest BCUT2D eigenvalue weighted by Crippen LogP contribution is -2.54. The van der Waals surface area contributed by atoms with Crippen molar-refractivity contribution >= 4 is 28.4 Å². The molecule has 0 aliphatic carbocycles. The van der Waals surface area contributed by atoms with E-state index in [0.29, 0.717) is 16.9 Å². The van der Waals surface area contributed by atoms with E-state index in [-0.39, 0.29) is 5.78 Å². The number of aliphatic hydroxyl groups is 1. The molecular weight excluding hydrogens is 379 g/mol. The molecule has 2 aromatic carbocycles. The number of hydrogen-bond acceptors (Lipinski definition) is 3. The summed E-state index contributed by atoms with van der Waals surface area (Å²) in [7, 11) is 0. The van der Waals surface area contributed by atoms with Gasteiger partial charge in [-0.25, -0.2) is 0 Å². The Balaban J connectivity index is 2.19. The van der Waals surface area contributed by atoms with Gasteiger partial charge in [0.05, 0.1) is 11.0 Å². The largest absolute Gasteiger partial charge is 0.456 e. The fourth-order valence-electron chi connectivity index (χ4n) is 2.62. The lowest BCUT2D eigenvalue weighted by atomic mass is 9.71. The van der Waals surface area contributed by atoms with Crippen LogP contribution in [0.4, 0.5) is 0 Å². The van der Waals surface area contributed by atoms with E-state index in [1.165, 1.54) is 0 Å². The normalized spacial score (nSPS) is 23.3. The van der Waals surface area contributed by atoms with Gasteiger partial charge in [-0.15, -0.1) is 0 Å². The van der Waals surface area contributed by atoms with Crippen molar-refractivity contribution in [2.24, 2.45) is 5.41 Å². The first-order chi connectivity index (χ1) is 9.86. The number of Topliss-reactive ketones (excluding diaryl/α,β-unsaturated/α-hetero) is 1. The summed E-state index contributed by atoms with van der Waals surface area (Å²) in [6, 6.07) is 14.4. The van der Waals surface area contributed by atoms with Crippen molar-refractivity contribution in [3.05, 3.63) is 63.2 Å². The molecule has 0 spiro atoms. The van der Waals surface area contributed by atoms with Gasteiger partial charge in [-0.3, -0.25) is 4.79 Å². The van der Waals surface area contributed by atoms with Gasteiger partial charge < -0.3 is 9.84 Å². The molecular formula is C17H15IO3. The molecule has 0 saturated heterocycles. The molecule has 0 saturated carbocycles.